The zero-order valence-electron chi connectivity index (χ0n) is 12.5. The van der Waals surface area contributed by atoms with E-state index >= 15 is 0 Å². The molecule has 21 heavy (non-hydrogen) atoms. The molecule has 3 N–H and O–H groups in total. The van der Waals surface area contributed by atoms with E-state index in [4.69, 9.17) is 15.0 Å². The molecular formula is C16H20N2O3. The van der Waals surface area contributed by atoms with Gasteiger partial charge in [-0.15, -0.1) is 0 Å². The van der Waals surface area contributed by atoms with E-state index in [9.17, 15) is 4.79 Å². The molecule has 0 fully saturated rings. The van der Waals surface area contributed by atoms with Crippen LogP contribution in [0.15, 0.2) is 41.0 Å². The van der Waals surface area contributed by atoms with E-state index in [1.54, 1.807) is 6.07 Å². The van der Waals surface area contributed by atoms with Crippen molar-refractivity contribution in [3.05, 3.63) is 53.5 Å². The van der Waals surface area contributed by atoms with Crippen molar-refractivity contribution in [2.45, 2.75) is 32.8 Å². The van der Waals surface area contributed by atoms with Crippen LogP contribution in [0.25, 0.3) is 0 Å². The zero-order chi connectivity index (χ0) is 15.5. The Bertz CT molecular complexity index is 609. The highest BCUT2D eigenvalue weighted by Crippen LogP contribution is 2.24. The highest BCUT2D eigenvalue weighted by atomic mass is 16.5. The fourth-order valence-corrected chi connectivity index (χ4v) is 1.93. The molecule has 112 valence electrons. The number of hydrogen-bond donors (Lipinski definition) is 2. The van der Waals surface area contributed by atoms with Gasteiger partial charge in [0.2, 0.25) is 0 Å². The molecule has 0 atom stereocenters. The molecule has 1 aromatic carbocycles. The topological polar surface area (TPSA) is 77.5 Å². The van der Waals surface area contributed by atoms with Gasteiger partial charge in [-0.3, -0.25) is 10.2 Å². The van der Waals surface area contributed by atoms with Gasteiger partial charge in [-0.05, 0) is 29.2 Å². The van der Waals surface area contributed by atoms with Crippen molar-refractivity contribution in [3.8, 4) is 5.75 Å². The molecule has 1 amide bonds. The molecule has 0 radical (unpaired) electrons. The van der Waals surface area contributed by atoms with E-state index < -0.39 is 5.91 Å². The lowest BCUT2D eigenvalue weighted by Crippen LogP contribution is -2.30. The van der Waals surface area contributed by atoms with Crippen LogP contribution in [0.2, 0.25) is 0 Å². The Morgan fingerprint density at radius 1 is 1.24 bits per heavy atom. The summed E-state index contributed by atoms with van der Waals surface area (Å²) in [7, 11) is 0. The number of benzene rings is 1. The summed E-state index contributed by atoms with van der Waals surface area (Å²) < 4.78 is 10.8. The molecule has 0 unspecified atom stereocenters. The monoisotopic (exact) mass is 288 g/mol. The number of carbonyl (C=O) groups excluding carboxylic acids is 1. The quantitative estimate of drug-likeness (QED) is 0.515. The lowest BCUT2D eigenvalue weighted by atomic mass is 9.87. The summed E-state index contributed by atoms with van der Waals surface area (Å²) in [5.41, 5.74) is 4.04. The number of hydrogen-bond acceptors (Lipinski definition) is 4. The van der Waals surface area contributed by atoms with E-state index in [0.29, 0.717) is 5.56 Å². The first-order chi connectivity index (χ1) is 9.91. The van der Waals surface area contributed by atoms with E-state index in [1.165, 1.54) is 11.8 Å². The van der Waals surface area contributed by atoms with Crippen LogP contribution in [0.4, 0.5) is 0 Å². The summed E-state index contributed by atoms with van der Waals surface area (Å²) in [6, 6.07) is 9.61. The Morgan fingerprint density at radius 3 is 2.48 bits per heavy atom. The Hall–Kier alpha value is -2.27. The van der Waals surface area contributed by atoms with Gasteiger partial charge in [0.25, 0.3) is 0 Å². The van der Waals surface area contributed by atoms with Gasteiger partial charge in [-0.2, -0.15) is 0 Å². The Morgan fingerprint density at radius 2 is 1.90 bits per heavy atom. The predicted molar refractivity (Wildman–Crippen MR) is 79.8 cm³/mol. The second-order valence-corrected chi connectivity index (χ2v) is 5.81. The minimum absolute atomic E-state index is 0.107. The second kappa shape index (κ2) is 6.01. The molecule has 2 rings (SSSR count). The molecule has 0 aliphatic carbocycles. The van der Waals surface area contributed by atoms with Crippen LogP contribution >= 0.6 is 0 Å². The molecule has 5 heteroatoms. The van der Waals surface area contributed by atoms with Gasteiger partial charge in [0.15, 0.2) is 5.76 Å². The van der Waals surface area contributed by atoms with Crippen molar-refractivity contribution in [1.82, 2.24) is 5.43 Å². The molecular weight excluding hydrogens is 268 g/mol. The number of ether oxygens (including phenoxy) is 1. The minimum Gasteiger partial charge on any atom is -0.489 e. The third-order valence-corrected chi connectivity index (χ3v) is 3.20. The molecule has 0 aliphatic heterocycles. The summed E-state index contributed by atoms with van der Waals surface area (Å²) in [5, 5.41) is 0. The number of nitrogen functional groups attached to an aromatic ring is 1. The van der Waals surface area contributed by atoms with Crippen LogP contribution in [-0.4, -0.2) is 5.91 Å². The molecule has 1 heterocycles. The highest BCUT2D eigenvalue weighted by Gasteiger charge is 2.15. The first-order valence-corrected chi connectivity index (χ1v) is 6.72. The van der Waals surface area contributed by atoms with Crippen molar-refractivity contribution in [1.29, 1.82) is 0 Å². The van der Waals surface area contributed by atoms with E-state index in [-0.39, 0.29) is 17.8 Å². The standard InChI is InChI=1S/C16H20N2O3/c1-16(2,3)12-4-6-13(7-5-12)21-10-11-8-9-20-14(11)15(19)18-17/h4-9H,10,17H2,1-3H3,(H,18,19). The normalized spacial score (nSPS) is 11.2. The molecule has 2 aromatic rings. The lowest BCUT2D eigenvalue weighted by molar-refractivity contribution is 0.0922. The third-order valence-electron chi connectivity index (χ3n) is 3.20. The summed E-state index contributed by atoms with van der Waals surface area (Å²) in [6.45, 7) is 6.72. The van der Waals surface area contributed by atoms with Crippen molar-refractivity contribution in [2.75, 3.05) is 0 Å². The summed E-state index contributed by atoms with van der Waals surface area (Å²) >= 11 is 0. The van der Waals surface area contributed by atoms with Crippen LogP contribution in [0, 0.1) is 0 Å². The maximum atomic E-state index is 11.5. The average molecular weight is 288 g/mol. The van der Waals surface area contributed by atoms with Crippen LogP contribution in [-0.2, 0) is 12.0 Å². The van der Waals surface area contributed by atoms with Crippen molar-refractivity contribution in [2.24, 2.45) is 5.84 Å². The Labute approximate surface area is 124 Å². The highest BCUT2D eigenvalue weighted by molar-refractivity contribution is 5.92. The molecule has 0 aliphatic rings. The van der Waals surface area contributed by atoms with Gasteiger partial charge in [0.1, 0.15) is 12.4 Å². The summed E-state index contributed by atoms with van der Waals surface area (Å²) in [4.78, 5) is 11.5. The average Bonchev–Trinajstić information content (AvgIpc) is 2.92. The van der Waals surface area contributed by atoms with E-state index in [0.717, 1.165) is 5.75 Å². The van der Waals surface area contributed by atoms with Crippen molar-refractivity contribution in [3.63, 3.8) is 0 Å². The van der Waals surface area contributed by atoms with Crippen LogP contribution < -0.4 is 16.0 Å². The molecule has 5 nitrogen and oxygen atoms in total. The number of amides is 1. The Kier molecular flexibility index (Phi) is 4.33. The number of nitrogens with two attached hydrogens (primary N) is 1. The molecule has 0 bridgehead atoms. The van der Waals surface area contributed by atoms with E-state index in [2.05, 4.69) is 20.8 Å². The van der Waals surface area contributed by atoms with E-state index in [1.807, 2.05) is 29.7 Å². The largest absolute Gasteiger partial charge is 0.489 e. The summed E-state index contributed by atoms with van der Waals surface area (Å²) in [5.74, 6) is 5.54. The number of carbonyl (C=O) groups is 1. The van der Waals surface area contributed by atoms with Gasteiger partial charge < -0.3 is 9.15 Å². The number of furan rings is 1. The van der Waals surface area contributed by atoms with Gasteiger partial charge in [0, 0.05) is 5.56 Å². The van der Waals surface area contributed by atoms with Crippen molar-refractivity contribution >= 4 is 5.91 Å². The molecule has 0 saturated carbocycles. The molecule has 1 aromatic heterocycles. The summed E-state index contributed by atoms with van der Waals surface area (Å²) in [6.07, 6.45) is 1.44. The number of hydrazine groups is 1. The molecule has 0 saturated heterocycles. The van der Waals surface area contributed by atoms with Crippen molar-refractivity contribution < 1.29 is 13.9 Å². The third kappa shape index (κ3) is 3.64. The fourth-order valence-electron chi connectivity index (χ4n) is 1.93. The minimum atomic E-state index is -0.471. The first-order valence-electron chi connectivity index (χ1n) is 6.72. The van der Waals surface area contributed by atoms with Gasteiger partial charge in [0.05, 0.1) is 6.26 Å². The second-order valence-electron chi connectivity index (χ2n) is 5.81. The number of nitrogens with one attached hydrogen (secondary N) is 1. The Balaban J connectivity index is 2.04. The van der Waals surface area contributed by atoms with Gasteiger partial charge in [-0.1, -0.05) is 32.9 Å². The van der Waals surface area contributed by atoms with Crippen LogP contribution in [0.3, 0.4) is 0 Å². The smallest absolute Gasteiger partial charge is 0.301 e. The van der Waals surface area contributed by atoms with Crippen LogP contribution in [0.5, 0.6) is 5.75 Å². The first kappa shape index (κ1) is 15.1. The SMILES string of the molecule is CC(C)(C)c1ccc(OCc2ccoc2C(=O)NN)cc1. The number of rotatable bonds is 4. The maximum absolute atomic E-state index is 11.5. The molecule has 0 spiro atoms. The maximum Gasteiger partial charge on any atom is 0.301 e. The fraction of sp³-hybridized carbons (Fsp3) is 0.312. The lowest BCUT2D eigenvalue weighted by Gasteiger charge is -2.19. The predicted octanol–water partition coefficient (Wildman–Crippen LogP) is 2.76. The van der Waals surface area contributed by atoms with Crippen LogP contribution in [0.1, 0.15) is 42.5 Å². The van der Waals surface area contributed by atoms with Gasteiger partial charge >= 0.3 is 5.91 Å². The zero-order valence-corrected chi connectivity index (χ0v) is 12.5. The van der Waals surface area contributed by atoms with Gasteiger partial charge in [-0.25, -0.2) is 5.84 Å².